The van der Waals surface area contributed by atoms with E-state index in [0.717, 1.165) is 24.3 Å². The SMILES string of the molecule is COc1cccc(C2=CC=C(c3cccc(C4=CC=C(c5cccc(OC)c5C)C4)c3)C2)c1C. The number of rotatable bonds is 6. The summed E-state index contributed by atoms with van der Waals surface area (Å²) >= 11 is 0. The molecule has 2 aliphatic rings. The zero-order valence-corrected chi connectivity index (χ0v) is 20.3. The molecule has 3 aromatic carbocycles. The second kappa shape index (κ2) is 9.23. The second-order valence-electron chi connectivity index (χ2n) is 8.97. The maximum absolute atomic E-state index is 5.53. The molecule has 0 N–H and O–H groups in total. The highest BCUT2D eigenvalue weighted by Gasteiger charge is 2.18. The first-order valence-corrected chi connectivity index (χ1v) is 11.8. The Morgan fingerprint density at radius 2 is 0.941 bits per heavy atom. The summed E-state index contributed by atoms with van der Waals surface area (Å²) in [5, 5.41) is 0. The lowest BCUT2D eigenvalue weighted by Crippen LogP contribution is -1.94. The number of hydrogen-bond acceptors (Lipinski definition) is 2. The molecule has 5 rings (SSSR count). The Bertz CT molecular complexity index is 1280. The zero-order chi connectivity index (χ0) is 23.7. The van der Waals surface area contributed by atoms with Gasteiger partial charge in [-0.25, -0.2) is 0 Å². The molecule has 0 saturated heterocycles. The van der Waals surface area contributed by atoms with Crippen LogP contribution in [0.4, 0.5) is 0 Å². The lowest BCUT2D eigenvalue weighted by Gasteiger charge is -2.14. The smallest absolute Gasteiger partial charge is 0.122 e. The molecule has 0 spiro atoms. The number of methoxy groups -OCH3 is 2. The van der Waals surface area contributed by atoms with Gasteiger partial charge < -0.3 is 9.47 Å². The van der Waals surface area contributed by atoms with Gasteiger partial charge in [0, 0.05) is 0 Å². The minimum atomic E-state index is 0.934. The van der Waals surface area contributed by atoms with Gasteiger partial charge in [-0.3, -0.25) is 0 Å². The predicted octanol–water partition coefficient (Wildman–Crippen LogP) is 8.06. The first-order valence-electron chi connectivity index (χ1n) is 11.8. The van der Waals surface area contributed by atoms with Gasteiger partial charge in [0.1, 0.15) is 11.5 Å². The summed E-state index contributed by atoms with van der Waals surface area (Å²) in [5.74, 6) is 1.88. The fraction of sp³-hybridized carbons (Fsp3) is 0.188. The van der Waals surface area contributed by atoms with Crippen molar-refractivity contribution in [2.24, 2.45) is 0 Å². The monoisotopic (exact) mass is 446 g/mol. The Balaban J connectivity index is 1.32. The molecule has 0 fully saturated rings. The molecular weight excluding hydrogens is 416 g/mol. The Hall–Kier alpha value is -3.78. The van der Waals surface area contributed by atoms with E-state index in [1.807, 2.05) is 12.1 Å². The molecule has 34 heavy (non-hydrogen) atoms. The van der Waals surface area contributed by atoms with Crippen LogP contribution in [-0.4, -0.2) is 14.2 Å². The molecule has 0 aromatic heterocycles. The maximum Gasteiger partial charge on any atom is 0.122 e. The minimum Gasteiger partial charge on any atom is -0.496 e. The highest BCUT2D eigenvalue weighted by Crippen LogP contribution is 2.40. The van der Waals surface area contributed by atoms with E-state index < -0.39 is 0 Å². The van der Waals surface area contributed by atoms with Gasteiger partial charge in [-0.05, 0) is 101 Å². The van der Waals surface area contributed by atoms with E-state index >= 15 is 0 Å². The highest BCUT2D eigenvalue weighted by molar-refractivity contribution is 5.91. The second-order valence-corrected chi connectivity index (χ2v) is 8.97. The highest BCUT2D eigenvalue weighted by atomic mass is 16.5. The molecule has 2 nitrogen and oxygen atoms in total. The van der Waals surface area contributed by atoms with Crippen molar-refractivity contribution in [1.29, 1.82) is 0 Å². The van der Waals surface area contributed by atoms with Crippen molar-refractivity contribution in [3.63, 3.8) is 0 Å². The lowest BCUT2D eigenvalue weighted by molar-refractivity contribution is 0.411. The van der Waals surface area contributed by atoms with Gasteiger partial charge in [-0.15, -0.1) is 0 Å². The van der Waals surface area contributed by atoms with Gasteiger partial charge in [0.2, 0.25) is 0 Å². The fourth-order valence-electron chi connectivity index (χ4n) is 5.10. The van der Waals surface area contributed by atoms with E-state index in [0.29, 0.717) is 0 Å². The van der Waals surface area contributed by atoms with Crippen LogP contribution < -0.4 is 9.47 Å². The summed E-state index contributed by atoms with van der Waals surface area (Å²) in [4.78, 5) is 0. The number of ether oxygens (including phenoxy) is 2. The fourth-order valence-corrected chi connectivity index (χ4v) is 5.10. The van der Waals surface area contributed by atoms with Gasteiger partial charge in [-0.2, -0.15) is 0 Å². The first-order chi connectivity index (χ1) is 16.6. The van der Waals surface area contributed by atoms with Gasteiger partial charge in [0.15, 0.2) is 0 Å². The van der Waals surface area contributed by atoms with Crippen LogP contribution in [0.2, 0.25) is 0 Å². The molecule has 0 atom stereocenters. The third-order valence-electron chi connectivity index (χ3n) is 7.04. The summed E-state index contributed by atoms with van der Waals surface area (Å²) in [6.45, 7) is 4.27. The quantitative estimate of drug-likeness (QED) is 0.381. The van der Waals surface area contributed by atoms with Gasteiger partial charge in [0.05, 0.1) is 14.2 Å². The molecule has 0 heterocycles. The maximum atomic E-state index is 5.53. The van der Waals surface area contributed by atoms with Crippen molar-refractivity contribution in [3.8, 4) is 11.5 Å². The third-order valence-corrected chi connectivity index (χ3v) is 7.04. The summed E-state index contributed by atoms with van der Waals surface area (Å²) in [6, 6.07) is 21.5. The largest absolute Gasteiger partial charge is 0.496 e. The zero-order valence-electron chi connectivity index (χ0n) is 20.3. The van der Waals surface area contributed by atoms with Crippen LogP contribution >= 0.6 is 0 Å². The van der Waals surface area contributed by atoms with Crippen LogP contribution in [0, 0.1) is 13.8 Å². The standard InChI is InChI=1S/C32H30O2/c1-21-29(10-6-12-31(21)33-3)27-16-14-25(19-27)23-8-5-9-24(18-23)26-15-17-28(20-26)30-11-7-13-32(34-4)22(30)2/h5-18H,19-20H2,1-4H3. The number of hydrogen-bond donors (Lipinski definition) is 0. The van der Waals surface area contributed by atoms with Crippen LogP contribution in [0.3, 0.4) is 0 Å². The van der Waals surface area contributed by atoms with E-state index in [1.165, 1.54) is 55.7 Å². The Morgan fingerprint density at radius 3 is 1.38 bits per heavy atom. The van der Waals surface area contributed by atoms with Crippen LogP contribution in [0.15, 0.2) is 85.0 Å². The van der Waals surface area contributed by atoms with Gasteiger partial charge >= 0.3 is 0 Å². The Kier molecular flexibility index (Phi) is 5.98. The average Bonchev–Trinajstić information content (AvgIpc) is 3.55. The molecule has 170 valence electrons. The van der Waals surface area contributed by atoms with Crippen molar-refractivity contribution < 1.29 is 9.47 Å². The molecule has 0 amide bonds. The summed E-state index contributed by atoms with van der Waals surface area (Å²) in [6.07, 6.45) is 10.9. The average molecular weight is 447 g/mol. The molecule has 0 unspecified atom stereocenters. The molecule has 2 heteroatoms. The molecule has 0 aliphatic heterocycles. The molecule has 0 saturated carbocycles. The van der Waals surface area contributed by atoms with Crippen LogP contribution in [0.5, 0.6) is 11.5 Å². The Labute approximate surface area is 202 Å². The van der Waals surface area contributed by atoms with E-state index in [4.69, 9.17) is 9.47 Å². The normalized spacial score (nSPS) is 14.9. The van der Waals surface area contributed by atoms with Crippen molar-refractivity contribution in [3.05, 3.63) is 118 Å². The molecule has 0 radical (unpaired) electrons. The van der Waals surface area contributed by atoms with Crippen molar-refractivity contribution in [1.82, 2.24) is 0 Å². The predicted molar refractivity (Wildman–Crippen MR) is 143 cm³/mol. The third kappa shape index (κ3) is 4.01. The van der Waals surface area contributed by atoms with Crippen molar-refractivity contribution in [2.75, 3.05) is 14.2 Å². The van der Waals surface area contributed by atoms with E-state index in [-0.39, 0.29) is 0 Å². The summed E-state index contributed by atoms with van der Waals surface area (Å²) in [5.41, 5.74) is 12.9. The molecule has 3 aromatic rings. The van der Waals surface area contributed by atoms with Gasteiger partial charge in [0.25, 0.3) is 0 Å². The van der Waals surface area contributed by atoms with Crippen molar-refractivity contribution in [2.45, 2.75) is 26.7 Å². The first kappa shape index (κ1) is 22.0. The number of allylic oxidation sites excluding steroid dienone is 8. The topological polar surface area (TPSA) is 18.5 Å². The molecular formula is C32H30O2. The molecule has 0 bridgehead atoms. The van der Waals surface area contributed by atoms with Crippen LogP contribution in [0.1, 0.15) is 46.2 Å². The lowest BCUT2D eigenvalue weighted by atomic mass is 9.92. The van der Waals surface area contributed by atoms with Crippen molar-refractivity contribution >= 4 is 22.3 Å². The molecule has 2 aliphatic carbocycles. The summed E-state index contributed by atoms with van der Waals surface area (Å²) in [7, 11) is 3.47. The van der Waals surface area contributed by atoms with E-state index in [2.05, 4.69) is 86.7 Å². The van der Waals surface area contributed by atoms with Gasteiger partial charge in [-0.1, -0.05) is 66.8 Å². The summed E-state index contributed by atoms with van der Waals surface area (Å²) < 4.78 is 11.1. The number of benzene rings is 3. The van der Waals surface area contributed by atoms with E-state index in [1.54, 1.807) is 14.2 Å². The Morgan fingerprint density at radius 1 is 0.529 bits per heavy atom. The van der Waals surface area contributed by atoms with Crippen LogP contribution in [-0.2, 0) is 0 Å². The van der Waals surface area contributed by atoms with E-state index in [9.17, 15) is 0 Å². The minimum absolute atomic E-state index is 0.934. The van der Waals surface area contributed by atoms with Crippen LogP contribution in [0.25, 0.3) is 22.3 Å².